The van der Waals surface area contributed by atoms with E-state index in [4.69, 9.17) is 9.47 Å². The lowest BCUT2D eigenvalue weighted by Crippen LogP contribution is -2.34. The Hall–Kier alpha value is -3.15. The van der Waals surface area contributed by atoms with Gasteiger partial charge in [-0.1, -0.05) is 29.8 Å². The molecule has 0 aliphatic carbocycles. The molecule has 2 aromatic rings. The molecule has 1 atom stereocenters. The van der Waals surface area contributed by atoms with E-state index in [1.165, 1.54) is 6.92 Å². The molecule has 0 spiro atoms. The van der Waals surface area contributed by atoms with Crippen LogP contribution in [0, 0.1) is 13.8 Å². The Morgan fingerprint density at radius 3 is 2.46 bits per heavy atom. The Balaban J connectivity index is 1.94. The summed E-state index contributed by atoms with van der Waals surface area (Å²) in [6, 6.07) is 12.3. The average molecular weight is 383 g/mol. The van der Waals surface area contributed by atoms with Crippen molar-refractivity contribution >= 4 is 17.7 Å². The lowest BCUT2D eigenvalue weighted by molar-refractivity contribution is -0.145. The van der Waals surface area contributed by atoms with E-state index in [1.807, 2.05) is 32.9 Å². The molecule has 0 saturated carbocycles. The molecule has 28 heavy (non-hydrogen) atoms. The van der Waals surface area contributed by atoms with Gasteiger partial charge in [0.1, 0.15) is 12.3 Å². The van der Waals surface area contributed by atoms with Gasteiger partial charge in [0.15, 0.2) is 6.10 Å². The van der Waals surface area contributed by atoms with Gasteiger partial charge in [0.2, 0.25) is 5.78 Å². The summed E-state index contributed by atoms with van der Waals surface area (Å²) in [4.78, 5) is 36.9. The molecule has 6 nitrogen and oxygen atoms in total. The minimum absolute atomic E-state index is 0.275. The molecule has 148 valence electrons. The SMILES string of the molecule is CCOc1ccccc1C(=O)NCC(=O)O[C@H](C)C(=O)c1cc(C)ccc1C. The highest BCUT2D eigenvalue weighted by Gasteiger charge is 2.22. The normalized spacial score (nSPS) is 11.4. The molecule has 1 N–H and O–H groups in total. The van der Waals surface area contributed by atoms with Crippen LogP contribution in [0.5, 0.6) is 5.75 Å². The van der Waals surface area contributed by atoms with Crippen molar-refractivity contribution in [1.29, 1.82) is 0 Å². The van der Waals surface area contributed by atoms with Crippen LogP contribution in [0.2, 0.25) is 0 Å². The number of ketones is 1. The number of hydrogen-bond donors (Lipinski definition) is 1. The van der Waals surface area contributed by atoms with Gasteiger partial charge in [-0.15, -0.1) is 0 Å². The lowest BCUT2D eigenvalue weighted by atomic mass is 9.99. The van der Waals surface area contributed by atoms with Crippen molar-refractivity contribution in [2.75, 3.05) is 13.2 Å². The number of rotatable bonds is 8. The van der Waals surface area contributed by atoms with E-state index in [0.29, 0.717) is 23.5 Å². The first-order valence-corrected chi connectivity index (χ1v) is 9.14. The minimum Gasteiger partial charge on any atom is -0.493 e. The molecular formula is C22H25NO5. The smallest absolute Gasteiger partial charge is 0.326 e. The average Bonchev–Trinajstić information content (AvgIpc) is 2.68. The highest BCUT2D eigenvalue weighted by Crippen LogP contribution is 2.18. The molecule has 2 aromatic carbocycles. The van der Waals surface area contributed by atoms with Gasteiger partial charge < -0.3 is 14.8 Å². The molecule has 0 radical (unpaired) electrons. The van der Waals surface area contributed by atoms with E-state index in [9.17, 15) is 14.4 Å². The van der Waals surface area contributed by atoms with Gasteiger partial charge in [0, 0.05) is 5.56 Å². The van der Waals surface area contributed by atoms with Gasteiger partial charge in [-0.3, -0.25) is 14.4 Å². The second-order valence-electron chi connectivity index (χ2n) is 6.43. The number of amides is 1. The van der Waals surface area contributed by atoms with Crippen LogP contribution < -0.4 is 10.1 Å². The Morgan fingerprint density at radius 2 is 1.75 bits per heavy atom. The number of para-hydroxylation sites is 1. The molecular weight excluding hydrogens is 358 g/mol. The maximum Gasteiger partial charge on any atom is 0.326 e. The van der Waals surface area contributed by atoms with Crippen LogP contribution in [0.3, 0.4) is 0 Å². The Morgan fingerprint density at radius 1 is 1.04 bits per heavy atom. The van der Waals surface area contributed by atoms with Gasteiger partial charge in [-0.2, -0.15) is 0 Å². The third-order valence-corrected chi connectivity index (χ3v) is 4.16. The van der Waals surface area contributed by atoms with Crippen LogP contribution >= 0.6 is 0 Å². The van der Waals surface area contributed by atoms with Crippen molar-refractivity contribution < 1.29 is 23.9 Å². The van der Waals surface area contributed by atoms with Gasteiger partial charge in [-0.25, -0.2) is 0 Å². The highest BCUT2D eigenvalue weighted by atomic mass is 16.5. The molecule has 0 heterocycles. The summed E-state index contributed by atoms with van der Waals surface area (Å²) in [6.07, 6.45) is -0.944. The number of esters is 1. The van der Waals surface area contributed by atoms with Crippen LogP contribution in [0.25, 0.3) is 0 Å². The lowest BCUT2D eigenvalue weighted by Gasteiger charge is -2.15. The highest BCUT2D eigenvalue weighted by molar-refractivity contribution is 6.02. The van der Waals surface area contributed by atoms with Crippen molar-refractivity contribution in [2.45, 2.75) is 33.8 Å². The molecule has 0 unspecified atom stereocenters. The molecule has 0 aliphatic heterocycles. The number of carbonyl (C=O) groups is 3. The Bertz CT molecular complexity index is 875. The molecule has 1 amide bonds. The van der Waals surface area contributed by atoms with Crippen molar-refractivity contribution in [3.05, 3.63) is 64.7 Å². The van der Waals surface area contributed by atoms with E-state index in [2.05, 4.69) is 5.32 Å². The standard InChI is InChI=1S/C22H25NO5/c1-5-27-19-9-7-6-8-17(19)22(26)23-13-20(24)28-16(4)21(25)18-12-14(2)10-11-15(18)3/h6-12,16H,5,13H2,1-4H3,(H,23,26)/t16-/m1/s1. The summed E-state index contributed by atoms with van der Waals surface area (Å²) in [6.45, 7) is 7.14. The van der Waals surface area contributed by atoms with Crippen LogP contribution in [0.1, 0.15) is 45.7 Å². The summed E-state index contributed by atoms with van der Waals surface area (Å²) < 4.78 is 10.6. The number of Topliss-reactive ketones (excluding diaryl/α,β-unsaturated/α-hetero) is 1. The summed E-state index contributed by atoms with van der Waals surface area (Å²) in [5.41, 5.74) is 2.62. The monoisotopic (exact) mass is 383 g/mol. The van der Waals surface area contributed by atoms with E-state index < -0.39 is 18.0 Å². The van der Waals surface area contributed by atoms with Crippen molar-refractivity contribution in [3.63, 3.8) is 0 Å². The van der Waals surface area contributed by atoms with E-state index in [1.54, 1.807) is 30.3 Å². The third kappa shape index (κ3) is 5.42. The quantitative estimate of drug-likeness (QED) is 0.559. The molecule has 2 rings (SSSR count). The number of ether oxygens (including phenoxy) is 2. The minimum atomic E-state index is -0.944. The number of aryl methyl sites for hydroxylation is 2. The van der Waals surface area contributed by atoms with Crippen molar-refractivity contribution in [1.82, 2.24) is 5.32 Å². The van der Waals surface area contributed by atoms with Gasteiger partial charge in [0.25, 0.3) is 5.91 Å². The van der Waals surface area contributed by atoms with Crippen molar-refractivity contribution in [3.8, 4) is 5.75 Å². The topological polar surface area (TPSA) is 81.7 Å². The summed E-state index contributed by atoms with van der Waals surface area (Å²) in [5, 5.41) is 2.50. The third-order valence-electron chi connectivity index (χ3n) is 4.16. The molecule has 0 fully saturated rings. The molecule has 0 bridgehead atoms. The van der Waals surface area contributed by atoms with Gasteiger partial charge in [-0.05, 0) is 51.5 Å². The van der Waals surface area contributed by atoms with Crippen LogP contribution in [0.4, 0.5) is 0 Å². The van der Waals surface area contributed by atoms with Crippen LogP contribution in [0.15, 0.2) is 42.5 Å². The van der Waals surface area contributed by atoms with E-state index in [0.717, 1.165) is 11.1 Å². The fraction of sp³-hybridized carbons (Fsp3) is 0.318. The zero-order valence-electron chi connectivity index (χ0n) is 16.6. The first-order chi connectivity index (χ1) is 13.3. The molecule has 0 saturated heterocycles. The largest absolute Gasteiger partial charge is 0.493 e. The van der Waals surface area contributed by atoms with Gasteiger partial charge in [0.05, 0.1) is 12.2 Å². The second kappa shape index (κ2) is 9.69. The Labute approximate surface area is 164 Å². The summed E-state index contributed by atoms with van der Waals surface area (Å²) >= 11 is 0. The number of carbonyl (C=O) groups excluding carboxylic acids is 3. The van der Waals surface area contributed by atoms with E-state index >= 15 is 0 Å². The molecule has 6 heteroatoms. The summed E-state index contributed by atoms with van der Waals surface area (Å²) in [7, 11) is 0. The predicted octanol–water partition coefficient (Wildman–Crippen LogP) is 3.25. The fourth-order valence-electron chi connectivity index (χ4n) is 2.70. The summed E-state index contributed by atoms with van der Waals surface area (Å²) in [5.74, 6) is -0.972. The van der Waals surface area contributed by atoms with Crippen LogP contribution in [-0.2, 0) is 9.53 Å². The zero-order valence-corrected chi connectivity index (χ0v) is 16.6. The molecule has 0 aromatic heterocycles. The predicted molar refractivity (Wildman–Crippen MR) is 106 cm³/mol. The second-order valence-corrected chi connectivity index (χ2v) is 6.43. The van der Waals surface area contributed by atoms with Crippen LogP contribution in [-0.4, -0.2) is 36.9 Å². The first kappa shape index (κ1) is 21.2. The maximum atomic E-state index is 12.5. The Kier molecular flexibility index (Phi) is 7.32. The number of hydrogen-bond acceptors (Lipinski definition) is 5. The van der Waals surface area contributed by atoms with Gasteiger partial charge >= 0.3 is 5.97 Å². The van der Waals surface area contributed by atoms with Crippen molar-refractivity contribution in [2.24, 2.45) is 0 Å². The first-order valence-electron chi connectivity index (χ1n) is 9.14. The number of nitrogens with one attached hydrogen (secondary N) is 1. The zero-order chi connectivity index (χ0) is 20.7. The fourth-order valence-corrected chi connectivity index (χ4v) is 2.70. The molecule has 0 aliphatic rings. The van der Waals surface area contributed by atoms with E-state index in [-0.39, 0.29) is 12.3 Å². The maximum absolute atomic E-state index is 12.5. The number of benzene rings is 2.